The second kappa shape index (κ2) is 7.53. The average Bonchev–Trinajstić information content (AvgIpc) is 2.90. The normalized spacial score (nSPS) is 12.5. The topological polar surface area (TPSA) is 46.5 Å². The molecule has 0 aliphatic carbocycles. The average molecular weight is 361 g/mol. The number of rotatable bonds is 7. The third kappa shape index (κ3) is 3.67. The molecule has 3 nitrogen and oxygen atoms in total. The molecule has 6 heteroatoms. The Balaban J connectivity index is 2.39. The number of thiophene rings is 1. The van der Waals surface area contributed by atoms with Crippen molar-refractivity contribution in [3.8, 4) is 5.75 Å². The Morgan fingerprint density at radius 2 is 2.05 bits per heavy atom. The van der Waals surface area contributed by atoms with Crippen molar-refractivity contribution in [2.45, 2.75) is 45.6 Å². The molecule has 1 unspecified atom stereocenters. The highest BCUT2D eigenvalue weighted by Crippen LogP contribution is 2.43. The van der Waals surface area contributed by atoms with Crippen LogP contribution in [0.2, 0.25) is 10.0 Å². The van der Waals surface area contributed by atoms with Gasteiger partial charge in [-0.2, -0.15) is 0 Å². The number of aryl methyl sites for hydroxylation is 1. The number of hydrogen-bond donors (Lipinski definition) is 1. The van der Waals surface area contributed by atoms with E-state index in [1.165, 1.54) is 4.88 Å². The maximum atomic E-state index is 11.1. The van der Waals surface area contributed by atoms with Crippen molar-refractivity contribution in [1.82, 2.24) is 0 Å². The Bertz CT molecular complexity index is 682. The molecule has 0 radical (unpaired) electrons. The maximum absolute atomic E-state index is 11.1. The van der Waals surface area contributed by atoms with Crippen molar-refractivity contribution in [1.29, 1.82) is 0 Å². The summed E-state index contributed by atoms with van der Waals surface area (Å²) in [5.41, 5.74) is 0. The monoisotopic (exact) mass is 360 g/mol. The largest absolute Gasteiger partial charge is 0.479 e. The highest BCUT2D eigenvalue weighted by atomic mass is 35.5. The molecule has 0 amide bonds. The van der Waals surface area contributed by atoms with Gasteiger partial charge in [-0.1, -0.05) is 43.5 Å². The Morgan fingerprint density at radius 1 is 1.32 bits per heavy atom. The number of benzene rings is 1. The van der Waals surface area contributed by atoms with Crippen molar-refractivity contribution in [3.05, 3.63) is 27.1 Å². The van der Waals surface area contributed by atoms with Crippen LogP contribution in [-0.4, -0.2) is 17.2 Å². The quantitative estimate of drug-likeness (QED) is 0.679. The van der Waals surface area contributed by atoms with E-state index in [0.29, 0.717) is 17.2 Å². The van der Waals surface area contributed by atoms with Crippen LogP contribution in [0.5, 0.6) is 5.75 Å². The van der Waals surface area contributed by atoms with E-state index in [1.807, 2.05) is 0 Å². The molecule has 0 saturated heterocycles. The van der Waals surface area contributed by atoms with Crippen molar-refractivity contribution in [2.24, 2.45) is 0 Å². The highest BCUT2D eigenvalue weighted by molar-refractivity contribution is 7.19. The second-order valence-electron chi connectivity index (χ2n) is 5.09. The predicted molar refractivity (Wildman–Crippen MR) is 92.8 cm³/mol. The molecule has 1 N–H and O–H groups in total. The van der Waals surface area contributed by atoms with E-state index in [1.54, 1.807) is 24.3 Å². The number of ether oxygens (including phenoxy) is 1. The van der Waals surface area contributed by atoms with E-state index < -0.39 is 12.1 Å². The van der Waals surface area contributed by atoms with Crippen LogP contribution in [0.4, 0.5) is 0 Å². The van der Waals surface area contributed by atoms with Crippen molar-refractivity contribution < 1.29 is 14.6 Å². The van der Waals surface area contributed by atoms with Crippen LogP contribution in [-0.2, 0) is 11.2 Å². The summed E-state index contributed by atoms with van der Waals surface area (Å²) in [5.74, 6) is -0.683. The number of carbonyl (C=O) groups is 1. The standard InChI is InChI=1S/C16H18Cl2O3S/c1-3-5-6-10-7-9-8-12(21-11(4-2)16(19)20)13(17)14(18)15(9)22-10/h7-8,11H,3-6H2,1-2H3,(H,19,20). The molecular formula is C16H18Cl2O3S. The minimum atomic E-state index is -1.01. The lowest BCUT2D eigenvalue weighted by Gasteiger charge is -2.15. The molecular weight excluding hydrogens is 343 g/mol. The summed E-state index contributed by atoms with van der Waals surface area (Å²) < 4.78 is 6.45. The van der Waals surface area contributed by atoms with Crippen LogP contribution in [0.15, 0.2) is 12.1 Å². The molecule has 1 aromatic carbocycles. The third-order valence-corrected chi connectivity index (χ3v) is 5.59. The molecule has 0 bridgehead atoms. The fourth-order valence-corrected chi connectivity index (χ4v) is 3.86. The summed E-state index contributed by atoms with van der Waals surface area (Å²) in [4.78, 5) is 12.4. The van der Waals surface area contributed by atoms with Gasteiger partial charge in [-0.25, -0.2) is 4.79 Å². The van der Waals surface area contributed by atoms with Gasteiger partial charge >= 0.3 is 5.97 Å². The summed E-state index contributed by atoms with van der Waals surface area (Å²) in [6, 6.07) is 3.85. The molecule has 0 aliphatic rings. The van der Waals surface area contributed by atoms with Gasteiger partial charge in [0.25, 0.3) is 0 Å². The zero-order chi connectivity index (χ0) is 16.3. The van der Waals surface area contributed by atoms with Crippen LogP contribution in [0.1, 0.15) is 38.0 Å². The number of carboxylic acid groups (broad SMARTS) is 1. The van der Waals surface area contributed by atoms with Gasteiger partial charge in [-0.05, 0) is 36.8 Å². The van der Waals surface area contributed by atoms with E-state index in [4.69, 9.17) is 33.0 Å². The first-order valence-corrected chi connectivity index (χ1v) is 8.85. The summed E-state index contributed by atoms with van der Waals surface area (Å²) >= 11 is 14.2. The number of unbranched alkanes of at least 4 members (excludes halogenated alkanes) is 1. The smallest absolute Gasteiger partial charge is 0.344 e. The van der Waals surface area contributed by atoms with Crippen LogP contribution >= 0.6 is 34.5 Å². The lowest BCUT2D eigenvalue weighted by Crippen LogP contribution is -2.26. The van der Waals surface area contributed by atoms with Gasteiger partial charge in [0.1, 0.15) is 10.8 Å². The van der Waals surface area contributed by atoms with Gasteiger partial charge in [-0.15, -0.1) is 11.3 Å². The molecule has 2 aromatic rings. The van der Waals surface area contributed by atoms with Gasteiger partial charge in [0.2, 0.25) is 0 Å². The zero-order valence-electron chi connectivity index (χ0n) is 12.5. The Kier molecular flexibility index (Phi) is 5.95. The SMILES string of the molecule is CCCCc1cc2cc(OC(CC)C(=O)O)c(Cl)c(Cl)c2s1. The highest BCUT2D eigenvalue weighted by Gasteiger charge is 2.21. The summed E-state index contributed by atoms with van der Waals surface area (Å²) in [7, 11) is 0. The first-order chi connectivity index (χ1) is 10.5. The van der Waals surface area contributed by atoms with Crippen molar-refractivity contribution in [2.75, 3.05) is 0 Å². The molecule has 0 saturated carbocycles. The summed E-state index contributed by atoms with van der Waals surface area (Å²) in [6.45, 7) is 3.90. The van der Waals surface area contributed by atoms with E-state index in [2.05, 4.69) is 13.0 Å². The van der Waals surface area contributed by atoms with Crippen LogP contribution in [0, 0.1) is 0 Å². The Morgan fingerprint density at radius 3 is 2.64 bits per heavy atom. The summed E-state index contributed by atoms with van der Waals surface area (Å²) in [5, 5.41) is 10.8. The van der Waals surface area contributed by atoms with Gasteiger partial charge in [-0.3, -0.25) is 0 Å². The lowest BCUT2D eigenvalue weighted by molar-refractivity contribution is -0.145. The van der Waals surface area contributed by atoms with Crippen LogP contribution in [0.25, 0.3) is 10.1 Å². The van der Waals surface area contributed by atoms with E-state index in [-0.39, 0.29) is 5.02 Å². The van der Waals surface area contributed by atoms with Gasteiger partial charge in [0.05, 0.1) is 9.72 Å². The van der Waals surface area contributed by atoms with Crippen molar-refractivity contribution >= 4 is 50.6 Å². The zero-order valence-corrected chi connectivity index (χ0v) is 14.8. The summed E-state index contributed by atoms with van der Waals surface area (Å²) in [6.07, 6.45) is 2.69. The molecule has 120 valence electrons. The molecule has 0 spiro atoms. The van der Waals surface area contributed by atoms with Crippen LogP contribution < -0.4 is 4.74 Å². The molecule has 1 aromatic heterocycles. The van der Waals surface area contributed by atoms with Gasteiger partial charge in [0, 0.05) is 4.88 Å². The van der Waals surface area contributed by atoms with Crippen molar-refractivity contribution in [3.63, 3.8) is 0 Å². The second-order valence-corrected chi connectivity index (χ2v) is 6.98. The lowest BCUT2D eigenvalue weighted by atomic mass is 10.2. The number of hydrogen-bond acceptors (Lipinski definition) is 3. The number of aliphatic carboxylic acids is 1. The molecule has 1 atom stereocenters. The predicted octanol–water partition coefficient (Wildman–Crippen LogP) is 5.79. The number of fused-ring (bicyclic) bond motifs is 1. The first-order valence-electron chi connectivity index (χ1n) is 7.27. The van der Waals surface area contributed by atoms with Crippen LogP contribution in [0.3, 0.4) is 0 Å². The third-order valence-electron chi connectivity index (χ3n) is 3.40. The molecule has 22 heavy (non-hydrogen) atoms. The fourth-order valence-electron chi connectivity index (χ4n) is 2.17. The van der Waals surface area contributed by atoms with Gasteiger partial charge < -0.3 is 9.84 Å². The first kappa shape index (κ1) is 17.4. The maximum Gasteiger partial charge on any atom is 0.344 e. The van der Waals surface area contributed by atoms with E-state index in [9.17, 15) is 4.79 Å². The minimum absolute atomic E-state index is 0.276. The van der Waals surface area contributed by atoms with Gasteiger partial charge in [0.15, 0.2) is 6.10 Å². The molecule has 1 heterocycles. The number of carboxylic acids is 1. The van der Waals surface area contributed by atoms with E-state index >= 15 is 0 Å². The molecule has 2 rings (SSSR count). The van der Waals surface area contributed by atoms with E-state index in [0.717, 1.165) is 29.3 Å². The Labute approximate surface area is 143 Å². The minimum Gasteiger partial charge on any atom is -0.479 e. The Hall–Kier alpha value is -0.970. The molecule has 0 aliphatic heterocycles. The fraction of sp³-hybridized carbons (Fsp3) is 0.438. The molecule has 0 fully saturated rings. The number of halogens is 2.